The van der Waals surface area contributed by atoms with Crippen LogP contribution in [0.1, 0.15) is 22.4 Å². The molecule has 3 heterocycles. The SMILES string of the molecule is Cc1cc(-c2ccc(CNc3ncnc(N4CCc5ccccc5C4)c3F)cc2)ccn1. The number of aromatic nitrogens is 3. The van der Waals surface area contributed by atoms with Gasteiger partial charge in [-0.25, -0.2) is 9.97 Å². The molecule has 0 bridgehead atoms. The van der Waals surface area contributed by atoms with Gasteiger partial charge < -0.3 is 10.2 Å². The van der Waals surface area contributed by atoms with Gasteiger partial charge in [0.05, 0.1) is 0 Å². The molecule has 2 aromatic heterocycles. The van der Waals surface area contributed by atoms with Gasteiger partial charge in [-0.2, -0.15) is 4.39 Å². The summed E-state index contributed by atoms with van der Waals surface area (Å²) in [6, 6.07) is 20.6. The zero-order valence-electron chi connectivity index (χ0n) is 17.9. The minimum absolute atomic E-state index is 0.225. The average molecular weight is 426 g/mol. The van der Waals surface area contributed by atoms with Gasteiger partial charge in [-0.3, -0.25) is 4.98 Å². The Morgan fingerprint density at radius 2 is 1.75 bits per heavy atom. The molecule has 4 aromatic rings. The van der Waals surface area contributed by atoms with E-state index in [-0.39, 0.29) is 5.82 Å². The fourth-order valence-corrected chi connectivity index (χ4v) is 4.11. The summed E-state index contributed by atoms with van der Waals surface area (Å²) in [6.45, 7) is 3.85. The summed E-state index contributed by atoms with van der Waals surface area (Å²) < 4.78 is 15.2. The summed E-state index contributed by atoms with van der Waals surface area (Å²) in [5.41, 5.74) is 6.83. The van der Waals surface area contributed by atoms with Crippen LogP contribution in [0.15, 0.2) is 73.2 Å². The zero-order chi connectivity index (χ0) is 21.9. The molecular formula is C26H24FN5. The van der Waals surface area contributed by atoms with Gasteiger partial charge in [0.25, 0.3) is 0 Å². The van der Waals surface area contributed by atoms with Crippen molar-refractivity contribution in [1.82, 2.24) is 15.0 Å². The van der Waals surface area contributed by atoms with Crippen molar-refractivity contribution < 1.29 is 4.39 Å². The molecule has 0 aliphatic carbocycles. The van der Waals surface area contributed by atoms with Crippen molar-refractivity contribution in [2.45, 2.75) is 26.4 Å². The maximum absolute atomic E-state index is 15.2. The van der Waals surface area contributed by atoms with Crippen molar-refractivity contribution in [2.75, 3.05) is 16.8 Å². The van der Waals surface area contributed by atoms with E-state index in [9.17, 15) is 0 Å². The number of fused-ring (bicyclic) bond motifs is 1. The molecule has 2 aromatic carbocycles. The molecule has 1 aliphatic rings. The molecule has 0 atom stereocenters. The quantitative estimate of drug-likeness (QED) is 0.479. The van der Waals surface area contributed by atoms with Crippen molar-refractivity contribution in [3.05, 3.63) is 101 Å². The van der Waals surface area contributed by atoms with Gasteiger partial charge in [-0.05, 0) is 53.3 Å². The Bertz CT molecular complexity index is 1240. The van der Waals surface area contributed by atoms with Crippen LogP contribution in [0.3, 0.4) is 0 Å². The van der Waals surface area contributed by atoms with Crippen LogP contribution >= 0.6 is 0 Å². The maximum atomic E-state index is 15.2. The molecular weight excluding hydrogens is 401 g/mol. The number of anilines is 2. The minimum atomic E-state index is -0.407. The van der Waals surface area contributed by atoms with E-state index in [0.717, 1.165) is 35.3 Å². The molecule has 160 valence electrons. The second-order valence-electron chi connectivity index (χ2n) is 8.04. The summed E-state index contributed by atoms with van der Waals surface area (Å²) >= 11 is 0. The normalized spacial score (nSPS) is 13.0. The van der Waals surface area contributed by atoms with E-state index < -0.39 is 5.82 Å². The van der Waals surface area contributed by atoms with Gasteiger partial charge in [-0.1, -0.05) is 48.5 Å². The molecule has 1 aliphatic heterocycles. The lowest BCUT2D eigenvalue weighted by molar-refractivity contribution is 0.597. The summed E-state index contributed by atoms with van der Waals surface area (Å²) in [4.78, 5) is 14.6. The van der Waals surface area contributed by atoms with Gasteiger partial charge in [0.15, 0.2) is 11.6 Å². The molecule has 0 fully saturated rings. The van der Waals surface area contributed by atoms with Crippen molar-refractivity contribution in [3.63, 3.8) is 0 Å². The number of hydrogen-bond donors (Lipinski definition) is 1. The highest BCUT2D eigenvalue weighted by atomic mass is 19.1. The van der Waals surface area contributed by atoms with Crippen LogP contribution in [0.5, 0.6) is 0 Å². The number of pyridine rings is 1. The molecule has 1 N–H and O–H groups in total. The Labute approximate surface area is 187 Å². The summed E-state index contributed by atoms with van der Waals surface area (Å²) in [7, 11) is 0. The van der Waals surface area contributed by atoms with Gasteiger partial charge in [0.1, 0.15) is 6.33 Å². The van der Waals surface area contributed by atoms with E-state index in [1.54, 1.807) is 0 Å². The third-order valence-corrected chi connectivity index (χ3v) is 5.85. The number of rotatable bonds is 5. The van der Waals surface area contributed by atoms with E-state index >= 15 is 4.39 Å². The highest BCUT2D eigenvalue weighted by molar-refractivity contribution is 5.63. The fourth-order valence-electron chi connectivity index (χ4n) is 4.11. The Morgan fingerprint density at radius 3 is 2.56 bits per heavy atom. The van der Waals surface area contributed by atoms with Crippen LogP contribution in [0.25, 0.3) is 11.1 Å². The third kappa shape index (κ3) is 4.17. The lowest BCUT2D eigenvalue weighted by atomic mass is 10.00. The number of benzene rings is 2. The number of halogens is 1. The zero-order valence-corrected chi connectivity index (χ0v) is 17.9. The molecule has 5 nitrogen and oxygen atoms in total. The Hall–Kier alpha value is -3.80. The van der Waals surface area contributed by atoms with Crippen LogP contribution in [0, 0.1) is 12.7 Å². The van der Waals surface area contributed by atoms with Crippen LogP contribution in [0.4, 0.5) is 16.0 Å². The molecule has 5 rings (SSSR count). The summed E-state index contributed by atoms with van der Waals surface area (Å²) in [6.07, 6.45) is 4.12. The Kier molecular flexibility index (Phi) is 5.50. The molecule has 0 spiro atoms. The predicted molar refractivity (Wildman–Crippen MR) is 125 cm³/mol. The first kappa shape index (κ1) is 20.1. The van der Waals surface area contributed by atoms with E-state index in [2.05, 4.69) is 50.6 Å². The highest BCUT2D eigenvalue weighted by Gasteiger charge is 2.22. The second-order valence-corrected chi connectivity index (χ2v) is 8.04. The predicted octanol–water partition coefficient (Wildman–Crippen LogP) is 5.16. The largest absolute Gasteiger partial charge is 0.363 e. The van der Waals surface area contributed by atoms with E-state index in [1.807, 2.05) is 48.4 Å². The van der Waals surface area contributed by atoms with Gasteiger partial charge in [0, 0.05) is 31.5 Å². The van der Waals surface area contributed by atoms with Crippen molar-refractivity contribution in [3.8, 4) is 11.1 Å². The van der Waals surface area contributed by atoms with Crippen LogP contribution in [-0.2, 0) is 19.5 Å². The second kappa shape index (κ2) is 8.75. The molecule has 0 amide bonds. The fraction of sp³-hybridized carbons (Fsp3) is 0.192. The molecule has 6 heteroatoms. The summed E-state index contributed by atoms with van der Waals surface area (Å²) in [5.74, 6) is 0.166. The first-order chi connectivity index (χ1) is 15.7. The number of aryl methyl sites for hydroxylation is 1. The van der Waals surface area contributed by atoms with Crippen molar-refractivity contribution in [1.29, 1.82) is 0 Å². The van der Waals surface area contributed by atoms with Crippen LogP contribution < -0.4 is 10.2 Å². The molecule has 32 heavy (non-hydrogen) atoms. The van der Waals surface area contributed by atoms with Gasteiger partial charge in [0.2, 0.25) is 5.82 Å². The van der Waals surface area contributed by atoms with Gasteiger partial charge in [-0.15, -0.1) is 0 Å². The smallest absolute Gasteiger partial charge is 0.207 e. The van der Waals surface area contributed by atoms with E-state index in [4.69, 9.17) is 0 Å². The number of hydrogen-bond acceptors (Lipinski definition) is 5. The standard InChI is InChI=1S/C26H24FN5/c1-18-14-22(10-12-28-18)21-8-6-19(7-9-21)15-29-25-24(27)26(31-17-30-25)32-13-11-20-4-2-3-5-23(20)16-32/h2-10,12,14,17H,11,13,15-16H2,1H3,(H,29,30,31). The van der Waals surface area contributed by atoms with E-state index in [1.165, 1.54) is 17.5 Å². The third-order valence-electron chi connectivity index (χ3n) is 5.85. The Balaban J connectivity index is 1.28. The lowest BCUT2D eigenvalue weighted by Crippen LogP contribution is -2.32. The topological polar surface area (TPSA) is 53.9 Å². The van der Waals surface area contributed by atoms with Crippen LogP contribution in [0.2, 0.25) is 0 Å². The monoisotopic (exact) mass is 425 g/mol. The van der Waals surface area contributed by atoms with Gasteiger partial charge >= 0.3 is 0 Å². The van der Waals surface area contributed by atoms with E-state index in [0.29, 0.717) is 18.9 Å². The molecule has 0 saturated heterocycles. The number of nitrogens with one attached hydrogen (secondary N) is 1. The highest BCUT2D eigenvalue weighted by Crippen LogP contribution is 2.27. The van der Waals surface area contributed by atoms with Crippen LogP contribution in [-0.4, -0.2) is 21.5 Å². The summed E-state index contributed by atoms with van der Waals surface area (Å²) in [5, 5.41) is 3.13. The maximum Gasteiger partial charge on any atom is 0.207 e. The first-order valence-electron chi connectivity index (χ1n) is 10.8. The van der Waals surface area contributed by atoms with Crippen molar-refractivity contribution >= 4 is 11.6 Å². The number of nitrogens with zero attached hydrogens (tertiary/aromatic N) is 4. The Morgan fingerprint density at radius 1 is 0.938 bits per heavy atom. The minimum Gasteiger partial charge on any atom is -0.363 e. The van der Waals surface area contributed by atoms with Crippen molar-refractivity contribution in [2.24, 2.45) is 0 Å². The molecule has 0 unspecified atom stereocenters. The molecule has 0 radical (unpaired) electrons. The lowest BCUT2D eigenvalue weighted by Gasteiger charge is -2.30. The average Bonchev–Trinajstić information content (AvgIpc) is 2.83. The molecule has 0 saturated carbocycles. The first-order valence-corrected chi connectivity index (χ1v) is 10.8.